The minimum atomic E-state index is -0.187. The van der Waals surface area contributed by atoms with Crippen LogP contribution in [-0.4, -0.2) is 67.2 Å². The molecule has 1 fully saturated rings. The lowest BCUT2D eigenvalue weighted by Gasteiger charge is -2.37. The molecule has 3 rings (SSSR count). The van der Waals surface area contributed by atoms with Gasteiger partial charge in [-0.1, -0.05) is 18.2 Å². The Balaban J connectivity index is 1.59. The van der Waals surface area contributed by atoms with E-state index < -0.39 is 0 Å². The Morgan fingerprint density at radius 2 is 2.07 bits per heavy atom. The van der Waals surface area contributed by atoms with Gasteiger partial charge < -0.3 is 19.7 Å². The highest BCUT2D eigenvalue weighted by Crippen LogP contribution is 2.23. The maximum absolute atomic E-state index is 5.79. The molecule has 1 N–H and O–H groups in total. The van der Waals surface area contributed by atoms with E-state index in [0.29, 0.717) is 6.54 Å². The van der Waals surface area contributed by atoms with Crippen molar-refractivity contribution >= 4 is 5.96 Å². The maximum Gasteiger partial charge on any atom is 0.193 e. The molecular weight excluding hydrogens is 342 g/mol. The molecule has 146 valence electrons. The first kappa shape index (κ1) is 19.4. The van der Waals surface area contributed by atoms with Gasteiger partial charge in [-0.3, -0.25) is 4.99 Å². The number of nitrogens with zero attached hydrogens (tertiary/aromatic N) is 4. The summed E-state index contributed by atoms with van der Waals surface area (Å²) in [7, 11) is 5.60. The van der Waals surface area contributed by atoms with Crippen LogP contribution in [-0.2, 0) is 16.0 Å². The predicted octanol–water partition coefficient (Wildman–Crippen LogP) is 2.08. The molecule has 2 heterocycles. The second-order valence-electron chi connectivity index (χ2n) is 6.89. The molecule has 1 saturated heterocycles. The molecule has 0 atom stereocenters. The third-order valence-electron chi connectivity index (χ3n) is 5.06. The van der Waals surface area contributed by atoms with Crippen LogP contribution in [0.25, 0.3) is 5.69 Å². The van der Waals surface area contributed by atoms with Crippen molar-refractivity contribution < 1.29 is 9.47 Å². The number of nitrogens with one attached hydrogen (secondary N) is 1. The Bertz CT molecular complexity index is 738. The molecule has 0 radical (unpaired) electrons. The van der Waals surface area contributed by atoms with Crippen LogP contribution in [0.4, 0.5) is 0 Å². The van der Waals surface area contributed by atoms with E-state index in [-0.39, 0.29) is 5.60 Å². The Morgan fingerprint density at radius 3 is 2.74 bits per heavy atom. The van der Waals surface area contributed by atoms with Gasteiger partial charge in [0.2, 0.25) is 0 Å². The number of hydrogen-bond acceptors (Lipinski definition) is 4. The lowest BCUT2D eigenvalue weighted by Crippen LogP contribution is -2.50. The van der Waals surface area contributed by atoms with Crippen LogP contribution in [0, 0.1) is 0 Å². The fourth-order valence-electron chi connectivity index (χ4n) is 3.33. The van der Waals surface area contributed by atoms with Gasteiger partial charge in [0.15, 0.2) is 5.96 Å². The van der Waals surface area contributed by atoms with Crippen molar-refractivity contribution in [2.24, 2.45) is 4.99 Å². The second kappa shape index (κ2) is 9.01. The number of guanidine groups is 1. The summed E-state index contributed by atoms with van der Waals surface area (Å²) in [6, 6.07) is 10.1. The van der Waals surface area contributed by atoms with E-state index in [2.05, 4.69) is 20.3 Å². The summed E-state index contributed by atoms with van der Waals surface area (Å²) in [6.07, 6.45) is 5.72. The average molecular weight is 371 g/mol. The molecular formula is C20H29N5O2. The van der Waals surface area contributed by atoms with Gasteiger partial charge in [-0.25, -0.2) is 4.68 Å². The minimum absolute atomic E-state index is 0.187. The van der Waals surface area contributed by atoms with Crippen molar-refractivity contribution in [2.75, 3.05) is 41.0 Å². The van der Waals surface area contributed by atoms with Gasteiger partial charge in [0.1, 0.15) is 0 Å². The highest BCUT2D eigenvalue weighted by atomic mass is 16.5. The fourth-order valence-corrected chi connectivity index (χ4v) is 3.33. The molecule has 1 aliphatic rings. The SMILES string of the molecule is CN=C(NCC1(OC)CCOCC1)N(C)Cc1cnn(-c2ccccc2)c1. The van der Waals surface area contributed by atoms with Gasteiger partial charge in [-0.15, -0.1) is 0 Å². The van der Waals surface area contributed by atoms with Crippen molar-refractivity contribution in [1.29, 1.82) is 0 Å². The van der Waals surface area contributed by atoms with Gasteiger partial charge in [-0.05, 0) is 12.1 Å². The Morgan fingerprint density at radius 1 is 1.33 bits per heavy atom. The minimum Gasteiger partial charge on any atom is -0.381 e. The molecule has 7 heteroatoms. The fraction of sp³-hybridized carbons (Fsp3) is 0.500. The number of para-hydroxylation sites is 1. The molecule has 0 saturated carbocycles. The van der Waals surface area contributed by atoms with Crippen LogP contribution in [0.2, 0.25) is 0 Å². The second-order valence-corrected chi connectivity index (χ2v) is 6.89. The standard InChI is InChI=1S/C20H29N5O2/c1-21-19(22-16-20(26-3)9-11-27-12-10-20)24(2)14-17-13-23-25(15-17)18-7-5-4-6-8-18/h4-8,13,15H,9-12,14,16H2,1-3H3,(H,21,22). The summed E-state index contributed by atoms with van der Waals surface area (Å²) < 4.78 is 13.2. The van der Waals surface area contributed by atoms with Crippen LogP contribution in [0.3, 0.4) is 0 Å². The molecule has 1 aromatic carbocycles. The van der Waals surface area contributed by atoms with Crippen molar-refractivity contribution in [3.63, 3.8) is 0 Å². The summed E-state index contributed by atoms with van der Waals surface area (Å²) in [5.41, 5.74) is 1.99. The number of aromatic nitrogens is 2. The summed E-state index contributed by atoms with van der Waals surface area (Å²) in [5, 5.41) is 7.92. The highest BCUT2D eigenvalue weighted by Gasteiger charge is 2.32. The monoisotopic (exact) mass is 371 g/mol. The quantitative estimate of drug-likeness (QED) is 0.622. The molecule has 1 aliphatic heterocycles. The van der Waals surface area contributed by atoms with Gasteiger partial charge >= 0.3 is 0 Å². The van der Waals surface area contributed by atoms with Crippen molar-refractivity contribution in [3.8, 4) is 5.69 Å². The van der Waals surface area contributed by atoms with Crippen LogP contribution in [0.5, 0.6) is 0 Å². The molecule has 0 aliphatic carbocycles. The predicted molar refractivity (Wildman–Crippen MR) is 106 cm³/mol. The number of aliphatic imine (C=N–C) groups is 1. The van der Waals surface area contributed by atoms with Gasteiger partial charge in [0.05, 0.1) is 17.5 Å². The summed E-state index contributed by atoms with van der Waals surface area (Å²) >= 11 is 0. The molecule has 0 amide bonds. The van der Waals surface area contributed by atoms with Crippen molar-refractivity contribution in [3.05, 3.63) is 48.3 Å². The van der Waals surface area contributed by atoms with Gasteiger partial charge in [-0.2, -0.15) is 5.10 Å². The highest BCUT2D eigenvalue weighted by molar-refractivity contribution is 5.79. The molecule has 2 aromatic rings. The van der Waals surface area contributed by atoms with Crippen LogP contribution in [0.1, 0.15) is 18.4 Å². The number of rotatable bonds is 6. The Hall–Kier alpha value is -2.38. The van der Waals surface area contributed by atoms with Crippen LogP contribution < -0.4 is 5.32 Å². The normalized spacial score (nSPS) is 16.9. The number of methoxy groups -OCH3 is 1. The number of benzene rings is 1. The first-order chi connectivity index (χ1) is 13.2. The molecule has 0 bridgehead atoms. The van der Waals surface area contributed by atoms with E-state index in [0.717, 1.165) is 49.8 Å². The summed E-state index contributed by atoms with van der Waals surface area (Å²) in [6.45, 7) is 2.91. The average Bonchev–Trinajstić information content (AvgIpc) is 3.18. The molecule has 0 unspecified atom stereocenters. The smallest absolute Gasteiger partial charge is 0.193 e. The van der Waals surface area contributed by atoms with Crippen molar-refractivity contribution in [2.45, 2.75) is 25.0 Å². The van der Waals surface area contributed by atoms with E-state index >= 15 is 0 Å². The van der Waals surface area contributed by atoms with E-state index in [1.54, 1.807) is 14.2 Å². The van der Waals surface area contributed by atoms with Crippen LogP contribution >= 0.6 is 0 Å². The Kier molecular flexibility index (Phi) is 6.47. The zero-order chi connectivity index (χ0) is 19.1. The van der Waals surface area contributed by atoms with Crippen LogP contribution in [0.15, 0.2) is 47.7 Å². The third-order valence-corrected chi connectivity index (χ3v) is 5.06. The first-order valence-corrected chi connectivity index (χ1v) is 9.29. The third kappa shape index (κ3) is 4.87. The molecule has 7 nitrogen and oxygen atoms in total. The first-order valence-electron chi connectivity index (χ1n) is 9.29. The lowest BCUT2D eigenvalue weighted by molar-refractivity contribution is -0.0857. The van der Waals surface area contributed by atoms with E-state index in [1.165, 1.54) is 0 Å². The van der Waals surface area contributed by atoms with Gasteiger partial charge in [0, 0.05) is 72.1 Å². The molecule has 27 heavy (non-hydrogen) atoms. The largest absolute Gasteiger partial charge is 0.381 e. The zero-order valence-corrected chi connectivity index (χ0v) is 16.4. The van der Waals surface area contributed by atoms with Crippen molar-refractivity contribution in [1.82, 2.24) is 20.0 Å². The van der Waals surface area contributed by atoms with E-state index in [1.807, 2.05) is 54.5 Å². The zero-order valence-electron chi connectivity index (χ0n) is 16.4. The number of ether oxygens (including phenoxy) is 2. The lowest BCUT2D eigenvalue weighted by atomic mass is 9.94. The molecule has 1 aromatic heterocycles. The summed E-state index contributed by atoms with van der Waals surface area (Å²) in [5.74, 6) is 0.838. The Labute approximate surface area is 161 Å². The topological polar surface area (TPSA) is 63.9 Å². The van der Waals surface area contributed by atoms with E-state index in [9.17, 15) is 0 Å². The maximum atomic E-state index is 5.79. The number of hydrogen-bond donors (Lipinski definition) is 1. The van der Waals surface area contributed by atoms with Gasteiger partial charge in [0.25, 0.3) is 0 Å². The summed E-state index contributed by atoms with van der Waals surface area (Å²) in [4.78, 5) is 6.51. The van der Waals surface area contributed by atoms with E-state index in [4.69, 9.17) is 9.47 Å². The molecule has 0 spiro atoms.